The van der Waals surface area contributed by atoms with Crippen LogP contribution in [0.25, 0.3) is 0 Å². The number of rotatable bonds is 2. The second kappa shape index (κ2) is 4.97. The van der Waals surface area contributed by atoms with Gasteiger partial charge in [-0.3, -0.25) is 0 Å². The molecule has 0 heterocycles. The summed E-state index contributed by atoms with van der Waals surface area (Å²) in [5.74, 6) is 0. The van der Waals surface area contributed by atoms with Crippen molar-refractivity contribution in [1.82, 2.24) is 0 Å². The van der Waals surface area contributed by atoms with Crippen molar-refractivity contribution in [3.63, 3.8) is 0 Å². The Balaban J connectivity index is 3.34. The van der Waals surface area contributed by atoms with Gasteiger partial charge in [-0.1, -0.05) is 12.2 Å². The molecular formula is C4H8S4. The highest BCUT2D eigenvalue weighted by atomic mass is 32.2. The molecule has 0 nitrogen and oxygen atoms in total. The fourth-order valence-electron chi connectivity index (χ4n) is 0.199. The van der Waals surface area contributed by atoms with Crippen molar-refractivity contribution in [3.05, 3.63) is 12.2 Å². The summed E-state index contributed by atoms with van der Waals surface area (Å²) in [7, 11) is 0. The Morgan fingerprint density at radius 1 is 0.750 bits per heavy atom. The molecule has 0 aromatic rings. The van der Waals surface area contributed by atoms with Crippen LogP contribution in [0, 0.1) is 0 Å². The van der Waals surface area contributed by atoms with Gasteiger partial charge in [-0.25, -0.2) is 0 Å². The van der Waals surface area contributed by atoms with Crippen LogP contribution in [0.5, 0.6) is 0 Å². The Morgan fingerprint density at radius 3 is 1.12 bits per heavy atom. The molecule has 48 valence electrons. The van der Waals surface area contributed by atoms with Gasteiger partial charge in [-0.15, -0.1) is 0 Å². The zero-order valence-electron chi connectivity index (χ0n) is 4.10. The van der Waals surface area contributed by atoms with Gasteiger partial charge >= 0.3 is 0 Å². The van der Waals surface area contributed by atoms with Gasteiger partial charge in [0.05, 0.1) is 9.16 Å². The lowest BCUT2D eigenvalue weighted by molar-refractivity contribution is 1.58. The molecule has 0 atom stereocenters. The van der Waals surface area contributed by atoms with Gasteiger partial charge in [0.25, 0.3) is 0 Å². The number of thiol groups is 4. The second-order valence-corrected chi connectivity index (χ2v) is 4.25. The fourth-order valence-corrected chi connectivity index (χ4v) is 0.596. The van der Waals surface area contributed by atoms with E-state index in [1.54, 1.807) is 0 Å². The maximum Gasteiger partial charge on any atom is 0.0623 e. The summed E-state index contributed by atoms with van der Waals surface area (Å²) in [6.07, 6.45) is 3.63. The highest BCUT2D eigenvalue weighted by molar-refractivity contribution is 8.00. The highest BCUT2D eigenvalue weighted by Crippen LogP contribution is 2.06. The maximum atomic E-state index is 3.98. The van der Waals surface area contributed by atoms with Crippen LogP contribution in [-0.2, 0) is 0 Å². The van der Waals surface area contributed by atoms with Crippen LogP contribution in [0.2, 0.25) is 0 Å². The molecular weight excluding hydrogens is 176 g/mol. The van der Waals surface area contributed by atoms with Crippen molar-refractivity contribution >= 4 is 50.5 Å². The normalized spacial score (nSPS) is 12.2. The van der Waals surface area contributed by atoms with Crippen molar-refractivity contribution in [2.24, 2.45) is 0 Å². The molecule has 0 N–H and O–H groups in total. The van der Waals surface area contributed by atoms with Crippen LogP contribution in [0.3, 0.4) is 0 Å². The van der Waals surface area contributed by atoms with Crippen LogP contribution in [-0.4, -0.2) is 9.16 Å². The smallest absolute Gasteiger partial charge is 0.0623 e. The molecule has 0 aromatic carbocycles. The highest BCUT2D eigenvalue weighted by Gasteiger charge is 1.87. The Kier molecular flexibility index (Phi) is 5.68. The van der Waals surface area contributed by atoms with Crippen molar-refractivity contribution in [2.45, 2.75) is 9.16 Å². The lowest BCUT2D eigenvalue weighted by Gasteiger charge is -1.93. The van der Waals surface area contributed by atoms with Crippen LogP contribution >= 0.6 is 50.5 Å². The van der Waals surface area contributed by atoms with Gasteiger partial charge in [0, 0.05) is 0 Å². The average molecular weight is 184 g/mol. The zero-order chi connectivity index (χ0) is 6.57. The van der Waals surface area contributed by atoms with Gasteiger partial charge < -0.3 is 0 Å². The van der Waals surface area contributed by atoms with E-state index in [4.69, 9.17) is 0 Å². The van der Waals surface area contributed by atoms with E-state index in [0.29, 0.717) is 0 Å². The predicted octanol–water partition coefficient (Wildman–Crippen LogP) is 1.91. The van der Waals surface area contributed by atoms with Crippen molar-refractivity contribution in [2.75, 3.05) is 0 Å². The Morgan fingerprint density at radius 2 is 1.00 bits per heavy atom. The first-order valence-corrected chi connectivity index (χ1v) is 4.10. The Labute approximate surface area is 71.8 Å². The monoisotopic (exact) mass is 184 g/mol. The van der Waals surface area contributed by atoms with Crippen LogP contribution < -0.4 is 0 Å². The SMILES string of the molecule is SC(S)C=CC(S)S. The lowest BCUT2D eigenvalue weighted by Crippen LogP contribution is -1.81. The number of hydrogen-bond donors (Lipinski definition) is 4. The summed E-state index contributed by atoms with van der Waals surface area (Å²) in [4.78, 5) is 0. The molecule has 0 saturated carbocycles. The van der Waals surface area contributed by atoms with E-state index in [9.17, 15) is 0 Å². The van der Waals surface area contributed by atoms with Gasteiger partial charge in [0.2, 0.25) is 0 Å². The molecule has 0 rings (SSSR count). The van der Waals surface area contributed by atoms with E-state index < -0.39 is 0 Å². The molecule has 0 radical (unpaired) electrons. The Bertz CT molecular complexity index is 66.1. The van der Waals surface area contributed by atoms with Gasteiger partial charge in [0.15, 0.2) is 0 Å². The minimum atomic E-state index is -0.00296. The first-order chi connectivity index (χ1) is 3.63. The molecule has 0 aliphatic rings. The molecule has 8 heavy (non-hydrogen) atoms. The molecule has 4 heteroatoms. The quantitative estimate of drug-likeness (QED) is 0.281. The number of hydrogen-bond acceptors (Lipinski definition) is 4. The van der Waals surface area contributed by atoms with E-state index in [1.807, 2.05) is 12.2 Å². The van der Waals surface area contributed by atoms with Crippen molar-refractivity contribution in [3.8, 4) is 0 Å². The molecule has 0 spiro atoms. The van der Waals surface area contributed by atoms with Gasteiger partial charge in [0.1, 0.15) is 0 Å². The first kappa shape index (κ1) is 9.14. The summed E-state index contributed by atoms with van der Waals surface area (Å²) in [6.45, 7) is 0. The van der Waals surface area contributed by atoms with Crippen molar-refractivity contribution < 1.29 is 0 Å². The lowest BCUT2D eigenvalue weighted by atomic mass is 10.6. The summed E-state index contributed by atoms with van der Waals surface area (Å²) in [5.41, 5.74) is 0. The molecule has 0 amide bonds. The Hall–Kier alpha value is 1.14. The minimum absolute atomic E-state index is 0.00296. The summed E-state index contributed by atoms with van der Waals surface area (Å²) in [5, 5.41) is 0. The van der Waals surface area contributed by atoms with Gasteiger partial charge in [-0.2, -0.15) is 50.5 Å². The van der Waals surface area contributed by atoms with Crippen LogP contribution in [0.15, 0.2) is 12.2 Å². The van der Waals surface area contributed by atoms with E-state index in [2.05, 4.69) is 50.5 Å². The van der Waals surface area contributed by atoms with Crippen LogP contribution in [0.1, 0.15) is 0 Å². The summed E-state index contributed by atoms with van der Waals surface area (Å²) < 4.78 is -0.00593. The molecule has 0 bridgehead atoms. The minimum Gasteiger partial charge on any atom is -0.161 e. The zero-order valence-corrected chi connectivity index (χ0v) is 7.68. The molecule has 0 aliphatic heterocycles. The van der Waals surface area contributed by atoms with E-state index in [-0.39, 0.29) is 9.16 Å². The van der Waals surface area contributed by atoms with E-state index in [1.165, 1.54) is 0 Å². The largest absolute Gasteiger partial charge is 0.161 e. The molecule has 0 aliphatic carbocycles. The van der Waals surface area contributed by atoms with Crippen molar-refractivity contribution in [1.29, 1.82) is 0 Å². The van der Waals surface area contributed by atoms with Gasteiger partial charge in [-0.05, 0) is 0 Å². The third kappa shape index (κ3) is 7.14. The fraction of sp³-hybridized carbons (Fsp3) is 0.500. The molecule has 0 unspecified atom stereocenters. The third-order valence-corrected chi connectivity index (χ3v) is 1.14. The second-order valence-electron chi connectivity index (χ2n) is 1.21. The summed E-state index contributed by atoms with van der Waals surface area (Å²) >= 11 is 15.9. The first-order valence-electron chi connectivity index (χ1n) is 2.03. The molecule has 0 saturated heterocycles. The van der Waals surface area contributed by atoms with E-state index >= 15 is 0 Å². The standard InChI is InChI=1S/C4H8S4/c5-3(6)1-2-4(7)8/h1-8H. The van der Waals surface area contributed by atoms with Crippen LogP contribution in [0.4, 0.5) is 0 Å². The topological polar surface area (TPSA) is 0 Å². The van der Waals surface area contributed by atoms with E-state index in [0.717, 1.165) is 0 Å². The average Bonchev–Trinajstić information content (AvgIpc) is 1.61. The summed E-state index contributed by atoms with van der Waals surface area (Å²) in [6, 6.07) is 0. The maximum absolute atomic E-state index is 3.98. The molecule has 0 aromatic heterocycles. The third-order valence-electron chi connectivity index (χ3n) is 0.455. The predicted molar refractivity (Wildman–Crippen MR) is 52.7 cm³/mol. The molecule has 0 fully saturated rings.